The molecule has 0 saturated carbocycles. The monoisotopic (exact) mass is 375 g/mol. The minimum absolute atomic E-state index is 0.0418. The van der Waals surface area contributed by atoms with E-state index in [-0.39, 0.29) is 16.3 Å². The Balaban J connectivity index is 1.87. The van der Waals surface area contributed by atoms with Crippen molar-refractivity contribution in [2.75, 3.05) is 13.2 Å². The van der Waals surface area contributed by atoms with Crippen LogP contribution in [-0.4, -0.2) is 23.0 Å². The maximum Gasteiger partial charge on any atom is 0.289 e. The third-order valence-electron chi connectivity index (χ3n) is 3.77. The van der Waals surface area contributed by atoms with Crippen LogP contribution in [0.4, 0.5) is 0 Å². The molecule has 0 spiro atoms. The second-order valence-corrected chi connectivity index (χ2v) is 6.06. The van der Waals surface area contributed by atoms with Gasteiger partial charge < -0.3 is 9.47 Å². The lowest BCUT2D eigenvalue weighted by Gasteiger charge is -2.12. The van der Waals surface area contributed by atoms with Crippen molar-refractivity contribution in [3.05, 3.63) is 50.9 Å². The summed E-state index contributed by atoms with van der Waals surface area (Å²) >= 11 is 6.01. The molecule has 0 radical (unpaired) electrons. The smallest absolute Gasteiger partial charge is 0.289 e. The molecule has 0 fully saturated rings. The molecular weight excluding hydrogens is 354 g/mol. The molecule has 0 unspecified atom stereocenters. The van der Waals surface area contributed by atoms with Crippen LogP contribution in [0.25, 0.3) is 0 Å². The first-order valence-corrected chi connectivity index (χ1v) is 9.02. The van der Waals surface area contributed by atoms with Crippen molar-refractivity contribution in [2.24, 2.45) is 0 Å². The van der Waals surface area contributed by atoms with E-state index >= 15 is 0 Å². The van der Waals surface area contributed by atoms with Gasteiger partial charge >= 0.3 is 0 Å². The Bertz CT molecular complexity index is 843. The van der Waals surface area contributed by atoms with E-state index in [4.69, 9.17) is 26.3 Å². The molecule has 0 N–H and O–H groups in total. The van der Waals surface area contributed by atoms with Crippen LogP contribution in [0.1, 0.15) is 37.8 Å². The Labute approximate surface area is 157 Å². The normalized spacial score (nSPS) is 10.4. The zero-order chi connectivity index (χ0) is 18.9. The second kappa shape index (κ2) is 9.83. The first-order valence-electron chi connectivity index (χ1n) is 8.64. The highest BCUT2D eigenvalue weighted by Crippen LogP contribution is 2.22. The highest BCUT2D eigenvalue weighted by atomic mass is 35.5. The minimum Gasteiger partial charge on any atom is -0.493 e. The molecule has 26 heavy (non-hydrogen) atoms. The van der Waals surface area contributed by atoms with E-state index in [0.717, 1.165) is 24.2 Å². The van der Waals surface area contributed by atoms with E-state index in [1.807, 2.05) is 19.1 Å². The molecule has 0 aliphatic heterocycles. The molecule has 0 aliphatic rings. The molecule has 0 atom stereocenters. The molecule has 2 aromatic rings. The molecule has 6 nitrogen and oxygen atoms in total. The SMILES string of the molecule is CCCc1cc(C#N)ccc1OCCCOc1cnn(CC)c(=O)c1Cl. The Morgan fingerprint density at radius 3 is 2.62 bits per heavy atom. The topological polar surface area (TPSA) is 77.1 Å². The van der Waals surface area contributed by atoms with Gasteiger partial charge in [0, 0.05) is 13.0 Å². The number of hydrogen-bond acceptors (Lipinski definition) is 5. The van der Waals surface area contributed by atoms with Crippen LogP contribution in [-0.2, 0) is 13.0 Å². The Kier molecular flexibility index (Phi) is 7.49. The van der Waals surface area contributed by atoms with Crippen LogP contribution < -0.4 is 15.0 Å². The molecule has 7 heteroatoms. The number of aryl methyl sites for hydroxylation is 2. The van der Waals surface area contributed by atoms with Crippen molar-refractivity contribution < 1.29 is 9.47 Å². The predicted molar refractivity (Wildman–Crippen MR) is 99.9 cm³/mol. The fourth-order valence-corrected chi connectivity index (χ4v) is 2.65. The molecule has 1 aromatic heterocycles. The van der Waals surface area contributed by atoms with E-state index in [1.54, 1.807) is 6.07 Å². The maximum atomic E-state index is 11.9. The largest absolute Gasteiger partial charge is 0.493 e. The second-order valence-electron chi connectivity index (χ2n) is 5.68. The van der Waals surface area contributed by atoms with Crippen molar-refractivity contribution in [1.29, 1.82) is 5.26 Å². The number of nitrogens with zero attached hydrogens (tertiary/aromatic N) is 3. The van der Waals surface area contributed by atoms with Gasteiger partial charge in [-0.3, -0.25) is 4.79 Å². The molecule has 138 valence electrons. The van der Waals surface area contributed by atoms with E-state index in [0.29, 0.717) is 31.7 Å². The average Bonchev–Trinajstić information content (AvgIpc) is 2.66. The fourth-order valence-electron chi connectivity index (χ4n) is 2.45. The van der Waals surface area contributed by atoms with Gasteiger partial charge in [-0.05, 0) is 37.1 Å². The summed E-state index contributed by atoms with van der Waals surface area (Å²) < 4.78 is 12.6. The van der Waals surface area contributed by atoms with E-state index in [1.165, 1.54) is 10.9 Å². The zero-order valence-electron chi connectivity index (χ0n) is 15.0. The van der Waals surface area contributed by atoms with Gasteiger partial charge in [-0.25, -0.2) is 4.68 Å². The van der Waals surface area contributed by atoms with E-state index in [9.17, 15) is 4.79 Å². The summed E-state index contributed by atoms with van der Waals surface area (Å²) in [6.07, 6.45) is 3.91. The van der Waals surface area contributed by atoms with Crippen LogP contribution in [0.3, 0.4) is 0 Å². The Morgan fingerprint density at radius 1 is 1.23 bits per heavy atom. The highest BCUT2D eigenvalue weighted by molar-refractivity contribution is 6.31. The third kappa shape index (κ3) is 4.99. The number of rotatable bonds is 9. The van der Waals surface area contributed by atoms with Crippen LogP contribution in [0.15, 0.2) is 29.2 Å². The van der Waals surface area contributed by atoms with Crippen molar-refractivity contribution in [3.63, 3.8) is 0 Å². The van der Waals surface area contributed by atoms with Gasteiger partial charge in [-0.15, -0.1) is 0 Å². The fraction of sp³-hybridized carbons (Fsp3) is 0.421. The maximum absolute atomic E-state index is 11.9. The summed E-state index contributed by atoms with van der Waals surface area (Å²) in [5.74, 6) is 1.07. The first-order chi connectivity index (χ1) is 12.6. The predicted octanol–water partition coefficient (Wildman–Crippen LogP) is 3.59. The number of ether oxygens (including phenoxy) is 2. The molecule has 0 amide bonds. The zero-order valence-corrected chi connectivity index (χ0v) is 15.8. The van der Waals surface area contributed by atoms with E-state index in [2.05, 4.69) is 18.1 Å². The summed E-state index contributed by atoms with van der Waals surface area (Å²) in [5.41, 5.74) is 1.31. The average molecular weight is 376 g/mol. The number of nitriles is 1. The van der Waals surface area contributed by atoms with Crippen LogP contribution in [0.2, 0.25) is 5.02 Å². The van der Waals surface area contributed by atoms with Gasteiger partial charge in [0.05, 0.1) is 31.0 Å². The molecule has 1 heterocycles. The summed E-state index contributed by atoms with van der Waals surface area (Å²) in [7, 11) is 0. The van der Waals surface area contributed by atoms with Crippen molar-refractivity contribution >= 4 is 11.6 Å². The van der Waals surface area contributed by atoms with Crippen molar-refractivity contribution in [1.82, 2.24) is 9.78 Å². The highest BCUT2D eigenvalue weighted by Gasteiger charge is 2.10. The molecular formula is C19H22ClN3O3. The standard InChI is InChI=1S/C19H22ClN3O3/c1-3-6-15-11-14(12-21)7-8-16(15)25-9-5-10-26-17-13-22-23(4-2)19(24)18(17)20/h7-8,11,13H,3-6,9-10H2,1-2H3. The van der Waals surface area contributed by atoms with Crippen LogP contribution >= 0.6 is 11.6 Å². The number of benzene rings is 1. The molecule has 0 saturated heterocycles. The number of halogens is 1. The van der Waals surface area contributed by atoms with Gasteiger partial charge in [0.2, 0.25) is 0 Å². The molecule has 2 rings (SSSR count). The third-order valence-corrected chi connectivity index (χ3v) is 4.11. The van der Waals surface area contributed by atoms with Crippen molar-refractivity contribution in [2.45, 2.75) is 39.7 Å². The number of hydrogen-bond donors (Lipinski definition) is 0. The van der Waals surface area contributed by atoms with Crippen molar-refractivity contribution in [3.8, 4) is 17.6 Å². The summed E-state index contributed by atoms with van der Waals surface area (Å²) in [4.78, 5) is 11.9. The van der Waals surface area contributed by atoms with Gasteiger partial charge in [-0.1, -0.05) is 24.9 Å². The lowest BCUT2D eigenvalue weighted by molar-refractivity contribution is 0.245. The molecule has 0 aliphatic carbocycles. The Morgan fingerprint density at radius 2 is 1.96 bits per heavy atom. The number of aromatic nitrogens is 2. The van der Waals surface area contributed by atoms with E-state index < -0.39 is 0 Å². The Hall–Kier alpha value is -2.52. The lowest BCUT2D eigenvalue weighted by Crippen LogP contribution is -2.22. The van der Waals surface area contributed by atoms with Gasteiger partial charge in [0.1, 0.15) is 5.75 Å². The summed E-state index contributed by atoms with van der Waals surface area (Å²) in [6, 6.07) is 7.59. The quantitative estimate of drug-likeness (QED) is 0.626. The van der Waals surface area contributed by atoms with Gasteiger partial charge in [-0.2, -0.15) is 10.4 Å². The first kappa shape index (κ1) is 19.8. The van der Waals surface area contributed by atoms with Gasteiger partial charge in [0.15, 0.2) is 10.8 Å². The van der Waals surface area contributed by atoms with Crippen LogP contribution in [0, 0.1) is 11.3 Å². The summed E-state index contributed by atoms with van der Waals surface area (Å²) in [6.45, 7) is 5.17. The summed E-state index contributed by atoms with van der Waals surface area (Å²) in [5, 5.41) is 13.0. The lowest BCUT2D eigenvalue weighted by atomic mass is 10.1. The van der Waals surface area contributed by atoms with Gasteiger partial charge in [0.25, 0.3) is 5.56 Å². The minimum atomic E-state index is -0.357. The molecule has 0 bridgehead atoms. The van der Waals surface area contributed by atoms with Crippen LogP contribution in [0.5, 0.6) is 11.5 Å². The molecule has 1 aromatic carbocycles.